The Bertz CT molecular complexity index is 474. The highest BCUT2D eigenvalue weighted by Crippen LogP contribution is 2.25. The molecule has 0 radical (unpaired) electrons. The maximum absolute atomic E-state index is 11.4. The Hall–Kier alpha value is -2.15. The van der Waals surface area contributed by atoms with E-state index in [0.717, 1.165) is 0 Å². The van der Waals surface area contributed by atoms with Crippen molar-refractivity contribution in [2.75, 3.05) is 18.9 Å². The molecule has 0 aliphatic rings. The number of nitro groups is 1. The lowest BCUT2D eigenvalue weighted by Crippen LogP contribution is -2.18. The van der Waals surface area contributed by atoms with Crippen LogP contribution in [0.15, 0.2) is 18.2 Å². The van der Waals surface area contributed by atoms with Crippen molar-refractivity contribution in [1.29, 1.82) is 0 Å². The van der Waals surface area contributed by atoms with E-state index in [1.807, 2.05) is 0 Å². The van der Waals surface area contributed by atoms with Crippen molar-refractivity contribution >= 4 is 17.3 Å². The summed E-state index contributed by atoms with van der Waals surface area (Å²) in [6, 6.07) is 4.23. The third kappa shape index (κ3) is 4.22. The molecular formula is C12H17N3O4. The zero-order chi connectivity index (χ0) is 14.4. The Balaban J connectivity index is 2.92. The average Bonchev–Trinajstić information content (AvgIpc) is 2.37. The standard InChI is InChI=1S/C12H17N3O4/c1-8(16)5-6-14-10-4-3-9(12(17)13-2)7-11(10)15(18)19/h3-4,7-8,14,16H,5-6H2,1-2H3,(H,13,17). The number of amides is 1. The lowest BCUT2D eigenvalue weighted by atomic mass is 10.1. The number of carbonyl (C=O) groups is 1. The van der Waals surface area contributed by atoms with Gasteiger partial charge in [-0.1, -0.05) is 0 Å². The van der Waals surface area contributed by atoms with Crippen molar-refractivity contribution in [2.24, 2.45) is 0 Å². The normalized spacial score (nSPS) is 11.7. The van der Waals surface area contributed by atoms with Crippen LogP contribution < -0.4 is 10.6 Å². The first kappa shape index (κ1) is 14.9. The summed E-state index contributed by atoms with van der Waals surface area (Å²) in [6.45, 7) is 2.06. The molecule has 19 heavy (non-hydrogen) atoms. The number of aliphatic hydroxyl groups excluding tert-OH is 1. The molecule has 104 valence electrons. The van der Waals surface area contributed by atoms with Crippen molar-refractivity contribution in [3.8, 4) is 0 Å². The summed E-state index contributed by atoms with van der Waals surface area (Å²) in [7, 11) is 1.46. The van der Waals surface area contributed by atoms with Gasteiger partial charge in [-0.15, -0.1) is 0 Å². The van der Waals surface area contributed by atoms with Gasteiger partial charge in [0.2, 0.25) is 0 Å². The summed E-state index contributed by atoms with van der Waals surface area (Å²) in [4.78, 5) is 21.8. The van der Waals surface area contributed by atoms with E-state index < -0.39 is 11.0 Å². The second kappa shape index (κ2) is 6.69. The number of nitrogens with one attached hydrogen (secondary N) is 2. The smallest absolute Gasteiger partial charge is 0.293 e. The van der Waals surface area contributed by atoms with Gasteiger partial charge in [-0.05, 0) is 25.5 Å². The molecule has 3 N–H and O–H groups in total. The molecule has 0 fully saturated rings. The topological polar surface area (TPSA) is 104 Å². The van der Waals surface area contributed by atoms with Gasteiger partial charge in [-0.25, -0.2) is 0 Å². The molecule has 0 saturated heterocycles. The van der Waals surface area contributed by atoms with Gasteiger partial charge in [-0.2, -0.15) is 0 Å². The minimum absolute atomic E-state index is 0.160. The van der Waals surface area contributed by atoms with Crippen molar-refractivity contribution in [2.45, 2.75) is 19.4 Å². The number of anilines is 1. The molecule has 0 aliphatic carbocycles. The summed E-state index contributed by atoms with van der Waals surface area (Å²) in [5.41, 5.74) is 0.403. The van der Waals surface area contributed by atoms with Crippen LogP contribution in [0.1, 0.15) is 23.7 Å². The molecule has 1 aromatic carbocycles. The first-order valence-electron chi connectivity index (χ1n) is 5.88. The van der Waals surface area contributed by atoms with Crippen LogP contribution in [0.5, 0.6) is 0 Å². The van der Waals surface area contributed by atoms with Crippen LogP contribution in [-0.4, -0.2) is 35.6 Å². The molecule has 1 atom stereocenters. The highest BCUT2D eigenvalue weighted by Gasteiger charge is 2.16. The van der Waals surface area contributed by atoms with E-state index in [4.69, 9.17) is 5.11 Å². The summed E-state index contributed by atoms with van der Waals surface area (Å²) in [5.74, 6) is -0.376. The van der Waals surface area contributed by atoms with E-state index in [1.54, 1.807) is 6.92 Å². The third-order valence-electron chi connectivity index (χ3n) is 2.56. The summed E-state index contributed by atoms with van der Waals surface area (Å²) >= 11 is 0. The molecule has 1 unspecified atom stereocenters. The molecule has 1 rings (SSSR count). The Labute approximate surface area is 110 Å². The fraction of sp³-hybridized carbons (Fsp3) is 0.417. The highest BCUT2D eigenvalue weighted by atomic mass is 16.6. The number of carbonyl (C=O) groups excluding carboxylic acids is 1. The molecule has 0 saturated carbocycles. The fourth-order valence-electron chi connectivity index (χ4n) is 1.53. The summed E-state index contributed by atoms with van der Waals surface area (Å²) < 4.78 is 0. The van der Waals surface area contributed by atoms with Crippen molar-refractivity contribution in [3.05, 3.63) is 33.9 Å². The third-order valence-corrected chi connectivity index (χ3v) is 2.56. The largest absolute Gasteiger partial charge is 0.393 e. The number of rotatable bonds is 6. The first-order valence-corrected chi connectivity index (χ1v) is 5.88. The van der Waals surface area contributed by atoms with Crippen LogP contribution in [0.3, 0.4) is 0 Å². The van der Waals surface area contributed by atoms with Crippen LogP contribution >= 0.6 is 0 Å². The number of aliphatic hydroxyl groups is 1. The molecule has 7 heteroatoms. The molecule has 0 spiro atoms. The van der Waals surface area contributed by atoms with Gasteiger partial charge < -0.3 is 15.7 Å². The average molecular weight is 267 g/mol. The first-order chi connectivity index (χ1) is 8.95. The molecule has 1 aromatic rings. The van der Waals surface area contributed by atoms with Gasteiger partial charge >= 0.3 is 0 Å². The van der Waals surface area contributed by atoms with E-state index >= 15 is 0 Å². The number of nitro benzene ring substituents is 1. The Morgan fingerprint density at radius 3 is 2.74 bits per heavy atom. The molecule has 0 bridgehead atoms. The lowest BCUT2D eigenvalue weighted by molar-refractivity contribution is -0.384. The van der Waals surface area contributed by atoms with Crippen LogP contribution in [0.2, 0.25) is 0 Å². The van der Waals surface area contributed by atoms with Crippen molar-refractivity contribution in [1.82, 2.24) is 5.32 Å². The number of hydrogen-bond donors (Lipinski definition) is 3. The van der Waals surface area contributed by atoms with Gasteiger partial charge in [0.1, 0.15) is 5.69 Å². The van der Waals surface area contributed by atoms with E-state index in [0.29, 0.717) is 18.7 Å². The second-order valence-corrected chi connectivity index (χ2v) is 4.13. The summed E-state index contributed by atoms with van der Waals surface area (Å²) in [5, 5.41) is 25.4. The van der Waals surface area contributed by atoms with Gasteiger partial charge in [0, 0.05) is 25.2 Å². The van der Waals surface area contributed by atoms with Gasteiger partial charge in [0.25, 0.3) is 11.6 Å². The molecule has 0 aromatic heterocycles. The van der Waals surface area contributed by atoms with Gasteiger partial charge in [0.05, 0.1) is 11.0 Å². The Morgan fingerprint density at radius 1 is 1.53 bits per heavy atom. The minimum Gasteiger partial charge on any atom is -0.393 e. The van der Waals surface area contributed by atoms with Crippen LogP contribution in [-0.2, 0) is 0 Å². The zero-order valence-electron chi connectivity index (χ0n) is 10.8. The van der Waals surface area contributed by atoms with Crippen LogP contribution in [0, 0.1) is 10.1 Å². The van der Waals surface area contributed by atoms with Crippen LogP contribution in [0.25, 0.3) is 0 Å². The zero-order valence-corrected chi connectivity index (χ0v) is 10.8. The molecule has 0 heterocycles. The predicted molar refractivity (Wildman–Crippen MR) is 71.3 cm³/mol. The predicted octanol–water partition coefficient (Wildman–Crippen LogP) is 1.14. The maximum Gasteiger partial charge on any atom is 0.293 e. The monoisotopic (exact) mass is 267 g/mol. The lowest BCUT2D eigenvalue weighted by Gasteiger charge is -2.09. The van der Waals surface area contributed by atoms with E-state index in [1.165, 1.54) is 25.2 Å². The summed E-state index contributed by atoms with van der Waals surface area (Å²) in [6.07, 6.45) is 0.00523. The number of benzene rings is 1. The van der Waals surface area contributed by atoms with Crippen LogP contribution in [0.4, 0.5) is 11.4 Å². The molecule has 0 aliphatic heterocycles. The Morgan fingerprint density at radius 2 is 2.21 bits per heavy atom. The van der Waals surface area contributed by atoms with Crippen molar-refractivity contribution < 1.29 is 14.8 Å². The van der Waals surface area contributed by atoms with E-state index in [2.05, 4.69) is 10.6 Å². The molecular weight excluding hydrogens is 250 g/mol. The quantitative estimate of drug-likeness (QED) is 0.529. The Kier molecular flexibility index (Phi) is 5.25. The minimum atomic E-state index is -0.544. The highest BCUT2D eigenvalue weighted by molar-refractivity contribution is 5.95. The van der Waals surface area contributed by atoms with Crippen molar-refractivity contribution in [3.63, 3.8) is 0 Å². The SMILES string of the molecule is CNC(=O)c1ccc(NCCC(C)O)c([N+](=O)[O-])c1. The van der Waals surface area contributed by atoms with Gasteiger partial charge in [-0.3, -0.25) is 14.9 Å². The van der Waals surface area contributed by atoms with Gasteiger partial charge in [0.15, 0.2) is 0 Å². The fourth-order valence-corrected chi connectivity index (χ4v) is 1.53. The van der Waals surface area contributed by atoms with E-state index in [-0.39, 0.29) is 17.2 Å². The molecule has 7 nitrogen and oxygen atoms in total. The molecule has 1 amide bonds. The number of hydrogen-bond acceptors (Lipinski definition) is 5. The van der Waals surface area contributed by atoms with E-state index in [9.17, 15) is 14.9 Å². The second-order valence-electron chi connectivity index (χ2n) is 4.13. The number of nitrogens with zero attached hydrogens (tertiary/aromatic N) is 1. The maximum atomic E-state index is 11.4.